The largest absolute Gasteiger partial charge is 2.00 e. The van der Waals surface area contributed by atoms with Crippen LogP contribution in [0.25, 0.3) is 0 Å². The zero-order valence-corrected chi connectivity index (χ0v) is 10.1. The van der Waals surface area contributed by atoms with Gasteiger partial charge in [0.05, 0.1) is 0 Å². The van der Waals surface area contributed by atoms with Gasteiger partial charge in [0.1, 0.15) is 0 Å². The van der Waals surface area contributed by atoms with Gasteiger partial charge in [-0.2, -0.15) is 0 Å². The van der Waals surface area contributed by atoms with Crippen molar-refractivity contribution in [2.24, 2.45) is 0 Å². The number of aliphatic hydroxyl groups excluding tert-OH is 1. The second kappa shape index (κ2) is 40.4. The van der Waals surface area contributed by atoms with Crippen LogP contribution in [-0.2, 0) is 27.3 Å². The normalized spacial score (nSPS) is 1.20. The molecule has 1 N–H and O–H groups in total. The van der Waals surface area contributed by atoms with Gasteiger partial charge in [-0.3, -0.25) is 0 Å². The topological polar surface area (TPSA) is 20.2 Å². The van der Waals surface area contributed by atoms with Crippen LogP contribution in [0.3, 0.4) is 0 Å². The Bertz CT molecular complexity index is 9.61. The third-order valence-electron chi connectivity index (χ3n) is 0. The zero-order valence-electron chi connectivity index (χ0n) is 2.91. The maximum Gasteiger partial charge on any atom is 2.00 e. The van der Waals surface area contributed by atoms with Crippen molar-refractivity contribution in [3.05, 3.63) is 0 Å². The first-order chi connectivity index (χ1) is 1.00. The molecule has 1 nitrogen and oxygen atoms in total. The number of halogens is 2. The van der Waals surface area contributed by atoms with Gasteiger partial charge in [-0.15, -0.1) is 0 Å². The third kappa shape index (κ3) is 25.4. The second-order valence-electron chi connectivity index (χ2n) is 0. The van der Waals surface area contributed by atoms with E-state index in [4.69, 9.17) is 5.11 Å². The van der Waals surface area contributed by atoms with Crippen LogP contribution < -0.4 is 34.0 Å². The summed E-state index contributed by atoms with van der Waals surface area (Å²) < 4.78 is 0. The average molecular weight is 304 g/mol. The van der Waals surface area contributed by atoms with Crippen LogP contribution in [0.5, 0.6) is 0 Å². The van der Waals surface area contributed by atoms with Gasteiger partial charge in [0.25, 0.3) is 0 Å². The SMILES string of the molecule is CO.[Br-].[Br-].[Cd+2]. The van der Waals surface area contributed by atoms with Gasteiger partial charge in [0.2, 0.25) is 0 Å². The molecule has 0 radical (unpaired) electrons. The molecule has 0 amide bonds. The van der Waals surface area contributed by atoms with E-state index < -0.39 is 0 Å². The molecule has 0 aromatic carbocycles. The van der Waals surface area contributed by atoms with Gasteiger partial charge >= 0.3 is 27.3 Å². The van der Waals surface area contributed by atoms with Crippen LogP contribution in [-0.4, -0.2) is 12.2 Å². The molecule has 0 heterocycles. The van der Waals surface area contributed by atoms with Crippen molar-refractivity contribution in [1.29, 1.82) is 0 Å². The van der Waals surface area contributed by atoms with Crippen LogP contribution in [0.2, 0.25) is 0 Å². The van der Waals surface area contributed by atoms with Gasteiger partial charge in [0.15, 0.2) is 0 Å². The van der Waals surface area contributed by atoms with E-state index in [1.165, 1.54) is 0 Å². The smallest absolute Gasteiger partial charge is 1.00 e. The molecule has 0 saturated carbocycles. The van der Waals surface area contributed by atoms with E-state index >= 15 is 0 Å². The first-order valence-electron chi connectivity index (χ1n) is 0.447. The molecule has 30 valence electrons. The summed E-state index contributed by atoms with van der Waals surface area (Å²) in [5.41, 5.74) is 0. The summed E-state index contributed by atoms with van der Waals surface area (Å²) in [5, 5.41) is 7.00. The van der Waals surface area contributed by atoms with E-state index in [9.17, 15) is 0 Å². The van der Waals surface area contributed by atoms with Crippen molar-refractivity contribution in [2.75, 3.05) is 7.11 Å². The third-order valence-corrected chi connectivity index (χ3v) is 0. The molecule has 0 atom stereocenters. The van der Waals surface area contributed by atoms with Gasteiger partial charge in [-0.05, 0) is 0 Å². The molecule has 0 bridgehead atoms. The Kier molecular flexibility index (Phi) is 233. The molecule has 4 heteroatoms. The molecule has 0 aromatic heterocycles. The van der Waals surface area contributed by atoms with E-state index in [0.717, 1.165) is 7.11 Å². The van der Waals surface area contributed by atoms with Crippen LogP contribution >= 0.6 is 0 Å². The van der Waals surface area contributed by atoms with E-state index in [1.54, 1.807) is 0 Å². The fourth-order valence-corrected chi connectivity index (χ4v) is 0. The Morgan fingerprint density at radius 1 is 1.00 bits per heavy atom. The van der Waals surface area contributed by atoms with Crippen molar-refractivity contribution in [3.63, 3.8) is 0 Å². The molecule has 5 heavy (non-hydrogen) atoms. The first kappa shape index (κ1) is 28.9. The Balaban J connectivity index is -0.00000000167. The summed E-state index contributed by atoms with van der Waals surface area (Å²) in [6.45, 7) is 0. The van der Waals surface area contributed by atoms with Gasteiger partial charge in [-0.1, -0.05) is 0 Å². The number of rotatable bonds is 0. The summed E-state index contributed by atoms with van der Waals surface area (Å²) >= 11 is 0. The van der Waals surface area contributed by atoms with Crippen LogP contribution in [0.15, 0.2) is 0 Å². The molecule has 0 aliphatic heterocycles. The standard InChI is InChI=1S/CH4O.2BrH.Cd/c1-2;;;/h2H,1H3;2*1H;/q;;;+2/p-2. The van der Waals surface area contributed by atoms with Crippen molar-refractivity contribution in [2.45, 2.75) is 0 Å². The fourth-order valence-electron chi connectivity index (χ4n) is 0. The van der Waals surface area contributed by atoms with Gasteiger partial charge < -0.3 is 39.1 Å². The molecule has 0 aliphatic carbocycles. The summed E-state index contributed by atoms with van der Waals surface area (Å²) in [4.78, 5) is 0. The molecule has 0 spiro atoms. The Hall–Kier alpha value is 1.84. The van der Waals surface area contributed by atoms with E-state index in [2.05, 4.69) is 0 Å². The average Bonchev–Trinajstić information content (AvgIpc) is 1.00. The monoisotopic (exact) mass is 304 g/mol. The summed E-state index contributed by atoms with van der Waals surface area (Å²) in [7, 11) is 1.00. The van der Waals surface area contributed by atoms with Crippen LogP contribution in [0.4, 0.5) is 0 Å². The summed E-state index contributed by atoms with van der Waals surface area (Å²) in [6, 6.07) is 0. The predicted molar refractivity (Wildman–Crippen MR) is 8.14 cm³/mol. The molecular weight excluding hydrogens is 300 g/mol. The number of hydrogen-bond acceptors (Lipinski definition) is 1. The Morgan fingerprint density at radius 2 is 1.00 bits per heavy atom. The maximum absolute atomic E-state index is 7.00. The number of aliphatic hydroxyl groups is 1. The van der Waals surface area contributed by atoms with Crippen LogP contribution in [0.1, 0.15) is 0 Å². The van der Waals surface area contributed by atoms with Crippen molar-refractivity contribution in [3.8, 4) is 0 Å². The molecule has 0 fully saturated rings. The minimum atomic E-state index is 0. The zero-order chi connectivity index (χ0) is 2.00. The quantitative estimate of drug-likeness (QED) is 0.442. The summed E-state index contributed by atoms with van der Waals surface area (Å²) in [6.07, 6.45) is 0. The van der Waals surface area contributed by atoms with Crippen molar-refractivity contribution >= 4 is 0 Å². The second-order valence-corrected chi connectivity index (χ2v) is 0. The molecular formula is CH4Br2CdO. The van der Waals surface area contributed by atoms with E-state index in [-0.39, 0.29) is 61.3 Å². The van der Waals surface area contributed by atoms with Gasteiger partial charge in [0, 0.05) is 7.11 Å². The predicted octanol–water partition coefficient (Wildman–Crippen LogP) is -6.39. The molecule has 0 unspecified atom stereocenters. The first-order valence-corrected chi connectivity index (χ1v) is 0.447. The summed E-state index contributed by atoms with van der Waals surface area (Å²) in [5.74, 6) is 0. The molecule has 0 rings (SSSR count). The Labute approximate surface area is 72.8 Å². The molecule has 0 aromatic rings. The number of hydrogen-bond donors (Lipinski definition) is 1. The fraction of sp³-hybridized carbons (Fsp3) is 1.00. The minimum Gasteiger partial charge on any atom is -1.00 e. The van der Waals surface area contributed by atoms with Crippen molar-refractivity contribution in [1.82, 2.24) is 0 Å². The van der Waals surface area contributed by atoms with Crippen molar-refractivity contribution < 1.29 is 66.4 Å². The van der Waals surface area contributed by atoms with E-state index in [0.29, 0.717) is 0 Å². The minimum absolute atomic E-state index is 0. The van der Waals surface area contributed by atoms with Crippen LogP contribution in [0, 0.1) is 0 Å². The van der Waals surface area contributed by atoms with E-state index in [1.807, 2.05) is 0 Å². The maximum atomic E-state index is 7.00. The Morgan fingerprint density at radius 3 is 1.00 bits per heavy atom. The van der Waals surface area contributed by atoms with Gasteiger partial charge in [-0.25, -0.2) is 0 Å². The molecule has 0 aliphatic rings. The molecule has 0 saturated heterocycles.